The van der Waals surface area contributed by atoms with Gasteiger partial charge in [-0.1, -0.05) is 30.3 Å². The van der Waals surface area contributed by atoms with Crippen LogP contribution in [0.25, 0.3) is 10.6 Å². The van der Waals surface area contributed by atoms with E-state index in [1.807, 2.05) is 30.3 Å². The first kappa shape index (κ1) is 17.1. The normalized spacial score (nSPS) is 10.4. The van der Waals surface area contributed by atoms with Crippen molar-refractivity contribution in [2.75, 3.05) is 13.2 Å². The van der Waals surface area contributed by atoms with Crippen LogP contribution in [0.5, 0.6) is 5.75 Å². The Morgan fingerprint density at radius 2 is 1.92 bits per heavy atom. The van der Waals surface area contributed by atoms with Crippen molar-refractivity contribution in [2.45, 2.75) is 6.42 Å². The van der Waals surface area contributed by atoms with Gasteiger partial charge in [0.15, 0.2) is 0 Å². The van der Waals surface area contributed by atoms with Gasteiger partial charge in [0, 0.05) is 10.9 Å². The number of thiazole rings is 1. The standard InChI is InChI=1S/C19H16FNO3S/c20-15-6-4-5-14(11-15)19-21-16(13-25-19)12-18(22)24-10-9-23-17-7-2-1-3-8-17/h1-8,11,13H,9-10,12H2. The zero-order chi connectivity index (χ0) is 17.5. The van der Waals surface area contributed by atoms with Gasteiger partial charge in [-0.15, -0.1) is 11.3 Å². The van der Waals surface area contributed by atoms with Gasteiger partial charge in [-0.3, -0.25) is 4.79 Å². The largest absolute Gasteiger partial charge is 0.490 e. The van der Waals surface area contributed by atoms with Crippen LogP contribution >= 0.6 is 11.3 Å². The number of nitrogens with zero attached hydrogens (tertiary/aromatic N) is 1. The summed E-state index contributed by atoms with van der Waals surface area (Å²) in [4.78, 5) is 16.2. The van der Waals surface area contributed by atoms with Crippen molar-refractivity contribution < 1.29 is 18.7 Å². The van der Waals surface area contributed by atoms with Crippen LogP contribution in [-0.2, 0) is 16.0 Å². The van der Waals surface area contributed by atoms with Gasteiger partial charge in [0.25, 0.3) is 0 Å². The topological polar surface area (TPSA) is 48.4 Å². The first-order valence-electron chi connectivity index (χ1n) is 7.74. The molecule has 1 heterocycles. The van der Waals surface area contributed by atoms with Crippen molar-refractivity contribution in [1.29, 1.82) is 0 Å². The first-order chi connectivity index (χ1) is 12.2. The Bertz CT molecular complexity index is 835. The summed E-state index contributed by atoms with van der Waals surface area (Å²) < 4.78 is 23.9. The second-order valence-electron chi connectivity index (χ2n) is 5.21. The monoisotopic (exact) mass is 357 g/mol. The Labute approximate surface area is 148 Å². The highest BCUT2D eigenvalue weighted by molar-refractivity contribution is 7.13. The summed E-state index contributed by atoms with van der Waals surface area (Å²) >= 11 is 1.37. The van der Waals surface area contributed by atoms with Crippen molar-refractivity contribution in [1.82, 2.24) is 4.98 Å². The van der Waals surface area contributed by atoms with E-state index in [1.54, 1.807) is 17.5 Å². The first-order valence-corrected chi connectivity index (χ1v) is 8.62. The predicted molar refractivity (Wildman–Crippen MR) is 94.1 cm³/mol. The van der Waals surface area contributed by atoms with Gasteiger partial charge >= 0.3 is 5.97 Å². The van der Waals surface area contributed by atoms with Gasteiger partial charge in [0.1, 0.15) is 29.8 Å². The van der Waals surface area contributed by atoms with E-state index in [-0.39, 0.29) is 24.8 Å². The highest BCUT2D eigenvalue weighted by Crippen LogP contribution is 2.24. The van der Waals surface area contributed by atoms with Gasteiger partial charge in [-0.2, -0.15) is 0 Å². The van der Waals surface area contributed by atoms with Crippen molar-refractivity contribution in [3.8, 4) is 16.3 Å². The summed E-state index contributed by atoms with van der Waals surface area (Å²) in [6, 6.07) is 15.5. The molecule has 0 aliphatic heterocycles. The molecule has 0 amide bonds. The van der Waals surface area contributed by atoms with E-state index in [4.69, 9.17) is 9.47 Å². The summed E-state index contributed by atoms with van der Waals surface area (Å²) in [5.74, 6) is 0.0533. The minimum atomic E-state index is -0.368. The average molecular weight is 357 g/mol. The Kier molecular flexibility index (Phi) is 5.74. The fraction of sp³-hybridized carbons (Fsp3) is 0.158. The molecular formula is C19H16FNO3S. The smallest absolute Gasteiger partial charge is 0.312 e. The number of hydrogen-bond acceptors (Lipinski definition) is 5. The Morgan fingerprint density at radius 1 is 1.08 bits per heavy atom. The average Bonchev–Trinajstić information content (AvgIpc) is 3.08. The molecule has 1 aromatic heterocycles. The molecule has 3 rings (SSSR count). The molecular weight excluding hydrogens is 341 g/mol. The highest BCUT2D eigenvalue weighted by atomic mass is 32.1. The van der Waals surface area contributed by atoms with Crippen LogP contribution in [0.4, 0.5) is 4.39 Å². The second-order valence-corrected chi connectivity index (χ2v) is 6.07. The van der Waals surface area contributed by atoms with Gasteiger partial charge in [0.05, 0.1) is 12.1 Å². The zero-order valence-corrected chi connectivity index (χ0v) is 14.2. The van der Waals surface area contributed by atoms with E-state index < -0.39 is 0 Å². The molecule has 0 bridgehead atoms. The van der Waals surface area contributed by atoms with Crippen molar-refractivity contribution in [2.24, 2.45) is 0 Å². The molecule has 0 spiro atoms. The van der Waals surface area contributed by atoms with E-state index in [1.165, 1.54) is 23.5 Å². The Hall–Kier alpha value is -2.73. The number of ether oxygens (including phenoxy) is 2. The highest BCUT2D eigenvalue weighted by Gasteiger charge is 2.10. The minimum absolute atomic E-state index is 0.0805. The van der Waals surface area contributed by atoms with Crippen LogP contribution in [-0.4, -0.2) is 24.2 Å². The number of para-hydroxylation sites is 1. The molecule has 0 aliphatic rings. The Balaban J connectivity index is 1.45. The van der Waals surface area contributed by atoms with Crippen molar-refractivity contribution in [3.63, 3.8) is 0 Å². The SMILES string of the molecule is O=C(Cc1csc(-c2cccc(F)c2)n1)OCCOc1ccccc1. The molecule has 0 saturated carbocycles. The third-order valence-electron chi connectivity index (χ3n) is 3.31. The summed E-state index contributed by atoms with van der Waals surface area (Å²) in [6.45, 7) is 0.468. The molecule has 25 heavy (non-hydrogen) atoms. The van der Waals surface area contributed by atoms with Gasteiger partial charge in [-0.25, -0.2) is 9.37 Å². The van der Waals surface area contributed by atoms with Crippen molar-refractivity contribution in [3.05, 3.63) is 71.5 Å². The molecule has 6 heteroatoms. The molecule has 0 aliphatic carbocycles. The van der Waals surface area contributed by atoms with Crippen LogP contribution < -0.4 is 4.74 Å². The fourth-order valence-corrected chi connectivity index (χ4v) is 2.99. The number of carbonyl (C=O) groups excluding carboxylic acids is 1. The molecule has 0 N–H and O–H groups in total. The molecule has 3 aromatic rings. The number of halogens is 1. The summed E-state index contributed by atoms with van der Waals surface area (Å²) in [6.07, 6.45) is 0.0805. The van der Waals surface area contributed by atoms with Crippen LogP contribution in [0.1, 0.15) is 5.69 Å². The zero-order valence-electron chi connectivity index (χ0n) is 13.4. The van der Waals surface area contributed by atoms with Crippen LogP contribution in [0.15, 0.2) is 60.0 Å². The quantitative estimate of drug-likeness (QED) is 0.472. The maximum Gasteiger partial charge on any atom is 0.312 e. The lowest BCUT2D eigenvalue weighted by Crippen LogP contribution is -2.14. The molecule has 0 atom stereocenters. The number of carbonyl (C=O) groups is 1. The fourth-order valence-electron chi connectivity index (χ4n) is 2.17. The molecule has 0 radical (unpaired) electrons. The van der Waals surface area contributed by atoms with E-state index in [9.17, 15) is 9.18 Å². The lowest BCUT2D eigenvalue weighted by molar-refractivity contribution is -0.143. The Morgan fingerprint density at radius 3 is 2.72 bits per heavy atom. The number of benzene rings is 2. The number of esters is 1. The summed E-state index contributed by atoms with van der Waals surface area (Å²) in [7, 11) is 0. The van der Waals surface area contributed by atoms with Gasteiger partial charge in [0.2, 0.25) is 0 Å². The third-order valence-corrected chi connectivity index (χ3v) is 4.25. The second kappa shape index (κ2) is 8.39. The van der Waals surface area contributed by atoms with E-state index in [0.717, 1.165) is 5.75 Å². The van der Waals surface area contributed by atoms with Gasteiger partial charge in [-0.05, 0) is 24.3 Å². The lowest BCUT2D eigenvalue weighted by atomic mass is 10.2. The molecule has 0 saturated heterocycles. The third kappa shape index (κ3) is 5.12. The number of hydrogen-bond donors (Lipinski definition) is 0. The van der Waals surface area contributed by atoms with Gasteiger partial charge < -0.3 is 9.47 Å². The lowest BCUT2D eigenvalue weighted by Gasteiger charge is -2.06. The summed E-state index contributed by atoms with van der Waals surface area (Å²) in [5, 5.41) is 2.46. The number of aromatic nitrogens is 1. The maximum absolute atomic E-state index is 13.3. The minimum Gasteiger partial charge on any atom is -0.490 e. The van der Waals surface area contributed by atoms with E-state index in [2.05, 4.69) is 4.98 Å². The molecule has 0 unspecified atom stereocenters. The molecule has 0 fully saturated rings. The maximum atomic E-state index is 13.3. The predicted octanol–water partition coefficient (Wildman–Crippen LogP) is 4.11. The van der Waals surface area contributed by atoms with Crippen LogP contribution in [0, 0.1) is 5.82 Å². The molecule has 4 nitrogen and oxygen atoms in total. The van der Waals surface area contributed by atoms with Crippen molar-refractivity contribution >= 4 is 17.3 Å². The summed E-state index contributed by atoms with van der Waals surface area (Å²) in [5.41, 5.74) is 1.30. The van der Waals surface area contributed by atoms with Crippen LogP contribution in [0.2, 0.25) is 0 Å². The van der Waals surface area contributed by atoms with Crippen LogP contribution in [0.3, 0.4) is 0 Å². The van der Waals surface area contributed by atoms with E-state index >= 15 is 0 Å². The molecule has 2 aromatic carbocycles. The number of rotatable bonds is 7. The van der Waals surface area contributed by atoms with E-state index in [0.29, 0.717) is 22.9 Å². The molecule has 128 valence electrons.